The molecule has 1 aromatic heterocycles. The fourth-order valence-corrected chi connectivity index (χ4v) is 3.35. The fourth-order valence-electron chi connectivity index (χ4n) is 1.91. The summed E-state index contributed by atoms with van der Waals surface area (Å²) in [5, 5.41) is 4.46. The van der Waals surface area contributed by atoms with Gasteiger partial charge in [-0.05, 0) is 31.9 Å². The van der Waals surface area contributed by atoms with Gasteiger partial charge in [0.05, 0.1) is 0 Å². The molecule has 0 bridgehead atoms. The van der Waals surface area contributed by atoms with Gasteiger partial charge in [-0.3, -0.25) is 0 Å². The van der Waals surface area contributed by atoms with Crippen molar-refractivity contribution in [3.05, 3.63) is 5.82 Å². The molecule has 1 heterocycles. The van der Waals surface area contributed by atoms with Crippen LogP contribution in [0.3, 0.4) is 0 Å². The number of hydrogen-bond acceptors (Lipinski definition) is 5. The molecule has 1 fully saturated rings. The Bertz CT molecular complexity index is 348. The lowest BCUT2D eigenvalue weighted by Gasteiger charge is -2.29. The summed E-state index contributed by atoms with van der Waals surface area (Å²) < 4.78 is 4.76. The molecule has 0 spiro atoms. The average Bonchev–Trinajstić information content (AvgIpc) is 3.12. The molecule has 0 atom stereocenters. The largest absolute Gasteiger partial charge is 0.359 e. The molecule has 0 aromatic carbocycles. The minimum Gasteiger partial charge on any atom is -0.359 e. The van der Waals surface area contributed by atoms with E-state index >= 15 is 0 Å². The summed E-state index contributed by atoms with van der Waals surface area (Å²) in [7, 11) is 0. The molecule has 1 saturated carbocycles. The van der Waals surface area contributed by atoms with Crippen LogP contribution < -0.4 is 5.32 Å². The van der Waals surface area contributed by atoms with Crippen LogP contribution in [-0.2, 0) is 0 Å². The van der Waals surface area contributed by atoms with Gasteiger partial charge in [0, 0.05) is 28.7 Å². The molecule has 0 amide bonds. The number of aromatic nitrogens is 2. The molecule has 0 saturated heterocycles. The van der Waals surface area contributed by atoms with E-state index in [1.807, 2.05) is 11.8 Å². The highest BCUT2D eigenvalue weighted by Gasteiger charge is 2.29. The lowest BCUT2D eigenvalue weighted by molar-refractivity contribution is 0.574. The molecule has 0 radical (unpaired) electrons. The Hall–Kier alpha value is -0.290. The molecule has 1 aromatic rings. The van der Waals surface area contributed by atoms with Crippen molar-refractivity contribution >= 4 is 28.4 Å². The molecule has 0 aliphatic heterocycles. The second-order valence-corrected chi connectivity index (χ2v) is 6.71. The SMILES string of the molecule is CCC(CC)(CNc1nc(C2CC2)ns1)SC. The monoisotopic (exact) mass is 271 g/mol. The zero-order valence-electron chi connectivity index (χ0n) is 10.8. The Morgan fingerprint density at radius 3 is 2.65 bits per heavy atom. The third kappa shape index (κ3) is 3.13. The first-order valence-corrected chi connectivity index (χ1v) is 8.35. The second kappa shape index (κ2) is 5.57. The van der Waals surface area contributed by atoms with Crippen LogP contribution in [0, 0.1) is 0 Å². The van der Waals surface area contributed by atoms with Crippen molar-refractivity contribution in [1.29, 1.82) is 0 Å². The minimum atomic E-state index is 0.339. The molecule has 5 heteroatoms. The summed E-state index contributed by atoms with van der Waals surface area (Å²) in [5.74, 6) is 1.71. The first-order chi connectivity index (χ1) is 8.23. The molecule has 0 unspecified atom stereocenters. The molecule has 3 nitrogen and oxygen atoms in total. The molecule has 17 heavy (non-hydrogen) atoms. The number of anilines is 1. The van der Waals surface area contributed by atoms with Gasteiger partial charge in [-0.25, -0.2) is 4.98 Å². The van der Waals surface area contributed by atoms with Gasteiger partial charge in [-0.1, -0.05) is 13.8 Å². The van der Waals surface area contributed by atoms with Gasteiger partial charge in [0.15, 0.2) is 0 Å². The highest BCUT2D eigenvalue weighted by molar-refractivity contribution is 8.00. The summed E-state index contributed by atoms with van der Waals surface area (Å²) in [6.45, 7) is 5.51. The lowest BCUT2D eigenvalue weighted by atomic mass is 10.0. The van der Waals surface area contributed by atoms with Crippen molar-refractivity contribution in [1.82, 2.24) is 9.36 Å². The van der Waals surface area contributed by atoms with Crippen LogP contribution in [0.5, 0.6) is 0 Å². The van der Waals surface area contributed by atoms with Gasteiger partial charge in [0.25, 0.3) is 0 Å². The molecular formula is C12H21N3S2. The molecular weight excluding hydrogens is 250 g/mol. The third-order valence-electron chi connectivity index (χ3n) is 3.67. The number of hydrogen-bond donors (Lipinski definition) is 1. The van der Waals surface area contributed by atoms with Gasteiger partial charge in [-0.15, -0.1) is 0 Å². The van der Waals surface area contributed by atoms with E-state index in [9.17, 15) is 0 Å². The van der Waals surface area contributed by atoms with Gasteiger partial charge in [-0.2, -0.15) is 16.1 Å². The quantitative estimate of drug-likeness (QED) is 0.819. The fraction of sp³-hybridized carbons (Fsp3) is 0.833. The van der Waals surface area contributed by atoms with Crippen molar-refractivity contribution in [2.75, 3.05) is 18.1 Å². The maximum atomic E-state index is 4.57. The Balaban J connectivity index is 1.91. The summed E-state index contributed by atoms with van der Waals surface area (Å²) in [5.41, 5.74) is 0. The normalized spacial score (nSPS) is 16.2. The van der Waals surface area contributed by atoms with Crippen LogP contribution in [0.1, 0.15) is 51.3 Å². The van der Waals surface area contributed by atoms with E-state index in [1.165, 1.54) is 37.2 Å². The van der Waals surface area contributed by atoms with Gasteiger partial charge >= 0.3 is 0 Å². The van der Waals surface area contributed by atoms with Crippen LogP contribution in [0.25, 0.3) is 0 Å². The summed E-state index contributed by atoms with van der Waals surface area (Å²) in [6, 6.07) is 0. The van der Waals surface area contributed by atoms with E-state index in [-0.39, 0.29) is 0 Å². The number of nitrogens with zero attached hydrogens (tertiary/aromatic N) is 2. The predicted octanol–water partition coefficient (Wildman–Crippen LogP) is 3.75. The number of nitrogens with one attached hydrogen (secondary N) is 1. The Kier molecular flexibility index (Phi) is 4.31. The lowest BCUT2D eigenvalue weighted by Crippen LogP contribution is -2.31. The summed E-state index contributed by atoms with van der Waals surface area (Å²) in [6.07, 6.45) is 7.12. The summed E-state index contributed by atoms with van der Waals surface area (Å²) >= 11 is 3.46. The van der Waals surface area contributed by atoms with Crippen LogP contribution in [0.15, 0.2) is 0 Å². The molecule has 2 rings (SSSR count). The Morgan fingerprint density at radius 2 is 2.12 bits per heavy atom. The van der Waals surface area contributed by atoms with Crippen molar-refractivity contribution in [3.63, 3.8) is 0 Å². The highest BCUT2D eigenvalue weighted by atomic mass is 32.2. The molecule has 1 aliphatic carbocycles. The topological polar surface area (TPSA) is 37.8 Å². The zero-order chi connectivity index (χ0) is 12.3. The van der Waals surface area contributed by atoms with Gasteiger partial charge in [0.2, 0.25) is 5.13 Å². The van der Waals surface area contributed by atoms with Crippen LogP contribution in [-0.4, -0.2) is 26.9 Å². The average molecular weight is 271 g/mol. The van der Waals surface area contributed by atoms with Crippen molar-refractivity contribution in [3.8, 4) is 0 Å². The van der Waals surface area contributed by atoms with E-state index in [1.54, 1.807) is 0 Å². The van der Waals surface area contributed by atoms with Crippen molar-refractivity contribution in [2.45, 2.75) is 50.2 Å². The smallest absolute Gasteiger partial charge is 0.202 e. The van der Waals surface area contributed by atoms with E-state index < -0.39 is 0 Å². The van der Waals surface area contributed by atoms with Gasteiger partial charge < -0.3 is 5.32 Å². The Morgan fingerprint density at radius 1 is 1.41 bits per heavy atom. The van der Waals surface area contributed by atoms with E-state index in [2.05, 4.69) is 34.8 Å². The number of rotatable bonds is 7. The third-order valence-corrected chi connectivity index (χ3v) is 5.94. The first kappa shape index (κ1) is 13.1. The van der Waals surface area contributed by atoms with Crippen LogP contribution in [0.4, 0.5) is 5.13 Å². The van der Waals surface area contributed by atoms with E-state index in [0.717, 1.165) is 17.5 Å². The summed E-state index contributed by atoms with van der Waals surface area (Å²) in [4.78, 5) is 4.57. The molecule has 1 N–H and O–H groups in total. The maximum absolute atomic E-state index is 4.57. The maximum Gasteiger partial charge on any atom is 0.202 e. The number of thioether (sulfide) groups is 1. The van der Waals surface area contributed by atoms with Crippen LogP contribution in [0.2, 0.25) is 0 Å². The van der Waals surface area contributed by atoms with Crippen molar-refractivity contribution in [2.24, 2.45) is 0 Å². The molecule has 96 valence electrons. The second-order valence-electron chi connectivity index (χ2n) is 4.68. The first-order valence-electron chi connectivity index (χ1n) is 6.35. The minimum absolute atomic E-state index is 0.339. The van der Waals surface area contributed by atoms with Crippen molar-refractivity contribution < 1.29 is 0 Å². The van der Waals surface area contributed by atoms with E-state index in [4.69, 9.17) is 0 Å². The standard InChI is InChI=1S/C12H21N3S2/c1-4-12(5-2,16-3)8-13-11-14-10(15-17-11)9-6-7-9/h9H,4-8H2,1-3H3,(H,13,14,15). The predicted molar refractivity (Wildman–Crippen MR) is 77.2 cm³/mol. The molecule has 1 aliphatic rings. The zero-order valence-corrected chi connectivity index (χ0v) is 12.5. The van der Waals surface area contributed by atoms with E-state index in [0.29, 0.717) is 10.7 Å². The van der Waals surface area contributed by atoms with Crippen LogP contribution >= 0.6 is 23.3 Å². The van der Waals surface area contributed by atoms with Gasteiger partial charge in [0.1, 0.15) is 5.82 Å². The highest BCUT2D eigenvalue weighted by Crippen LogP contribution is 2.39. The Labute approximate surface area is 112 Å².